The number of nitrogens with two attached hydrogens (primary N) is 2. The van der Waals surface area contributed by atoms with E-state index in [9.17, 15) is 4.79 Å². The van der Waals surface area contributed by atoms with Crippen LogP contribution in [0.2, 0.25) is 0 Å². The van der Waals surface area contributed by atoms with Gasteiger partial charge in [-0.25, -0.2) is 4.98 Å². The Bertz CT molecular complexity index is 507. The highest BCUT2D eigenvalue weighted by molar-refractivity contribution is 5.99. The SMILES string of the molecule is Cc1cc(C)c(C(N)=O)c(NCC2(CN)CCCC2)n1. The minimum absolute atomic E-state index is 0.133. The van der Waals surface area contributed by atoms with E-state index < -0.39 is 5.91 Å². The van der Waals surface area contributed by atoms with Crippen LogP contribution in [0.4, 0.5) is 5.82 Å². The van der Waals surface area contributed by atoms with Gasteiger partial charge in [0.25, 0.3) is 5.91 Å². The third-order valence-electron chi connectivity index (χ3n) is 4.32. The summed E-state index contributed by atoms with van der Waals surface area (Å²) in [4.78, 5) is 16.0. The van der Waals surface area contributed by atoms with Crippen LogP contribution in [0.3, 0.4) is 0 Å². The average Bonchev–Trinajstić information content (AvgIpc) is 2.84. The molecular weight excluding hydrogens is 252 g/mol. The first kappa shape index (κ1) is 14.8. The molecule has 1 saturated carbocycles. The fourth-order valence-electron chi connectivity index (χ4n) is 3.13. The van der Waals surface area contributed by atoms with Crippen LogP contribution in [-0.4, -0.2) is 24.0 Å². The number of carbonyl (C=O) groups is 1. The number of hydrogen-bond donors (Lipinski definition) is 3. The molecule has 0 unspecified atom stereocenters. The summed E-state index contributed by atoms with van der Waals surface area (Å²) in [6, 6.07) is 1.87. The molecule has 1 aromatic heterocycles. The Hall–Kier alpha value is -1.62. The first-order valence-corrected chi connectivity index (χ1v) is 7.19. The summed E-state index contributed by atoms with van der Waals surface area (Å²) in [6.45, 7) is 5.21. The van der Waals surface area contributed by atoms with Gasteiger partial charge < -0.3 is 16.8 Å². The molecule has 110 valence electrons. The fraction of sp³-hybridized carbons (Fsp3) is 0.600. The Morgan fingerprint density at radius 2 is 2.05 bits per heavy atom. The highest BCUT2D eigenvalue weighted by Gasteiger charge is 2.32. The molecule has 1 aliphatic rings. The molecule has 1 aromatic rings. The molecule has 1 fully saturated rings. The van der Waals surface area contributed by atoms with Crippen LogP contribution < -0.4 is 16.8 Å². The standard InChI is InChI=1S/C15H24N4O/c1-10-7-11(2)19-14(12(10)13(17)20)18-9-15(8-16)5-3-4-6-15/h7H,3-6,8-9,16H2,1-2H3,(H2,17,20)(H,18,19). The largest absolute Gasteiger partial charge is 0.369 e. The lowest BCUT2D eigenvalue weighted by Gasteiger charge is -2.28. The van der Waals surface area contributed by atoms with Gasteiger partial charge in [0.05, 0.1) is 5.56 Å². The molecule has 0 aliphatic heterocycles. The van der Waals surface area contributed by atoms with Gasteiger partial charge in [0.15, 0.2) is 0 Å². The maximum atomic E-state index is 11.6. The molecule has 1 heterocycles. The number of amides is 1. The van der Waals surface area contributed by atoms with Crippen molar-refractivity contribution in [3.05, 3.63) is 22.9 Å². The molecule has 5 heteroatoms. The minimum atomic E-state index is -0.439. The first-order chi connectivity index (χ1) is 9.47. The van der Waals surface area contributed by atoms with E-state index in [0.717, 1.165) is 30.6 Å². The van der Waals surface area contributed by atoms with E-state index in [2.05, 4.69) is 10.3 Å². The smallest absolute Gasteiger partial charge is 0.252 e. The fourth-order valence-corrected chi connectivity index (χ4v) is 3.13. The second-order valence-electron chi connectivity index (χ2n) is 5.93. The van der Waals surface area contributed by atoms with E-state index in [4.69, 9.17) is 11.5 Å². The van der Waals surface area contributed by atoms with E-state index in [0.29, 0.717) is 17.9 Å². The van der Waals surface area contributed by atoms with Crippen LogP contribution in [-0.2, 0) is 0 Å². The molecule has 20 heavy (non-hydrogen) atoms. The van der Waals surface area contributed by atoms with Crippen LogP contribution >= 0.6 is 0 Å². The van der Waals surface area contributed by atoms with Crippen LogP contribution in [0, 0.1) is 19.3 Å². The predicted molar refractivity (Wildman–Crippen MR) is 80.7 cm³/mol. The number of primary amides is 1. The number of aromatic nitrogens is 1. The number of aryl methyl sites for hydroxylation is 2. The lowest BCUT2D eigenvalue weighted by Crippen LogP contribution is -2.35. The van der Waals surface area contributed by atoms with Crippen molar-refractivity contribution in [2.24, 2.45) is 16.9 Å². The van der Waals surface area contributed by atoms with E-state index >= 15 is 0 Å². The molecule has 0 saturated heterocycles. The van der Waals surface area contributed by atoms with Gasteiger partial charge in [-0.05, 0) is 50.3 Å². The number of carbonyl (C=O) groups excluding carboxylic acids is 1. The van der Waals surface area contributed by atoms with Gasteiger partial charge in [0.1, 0.15) is 5.82 Å². The number of rotatable bonds is 5. The summed E-state index contributed by atoms with van der Waals surface area (Å²) in [5.74, 6) is 0.153. The van der Waals surface area contributed by atoms with Crippen LogP contribution in [0.5, 0.6) is 0 Å². The molecule has 5 N–H and O–H groups in total. The molecule has 0 radical (unpaired) electrons. The predicted octanol–water partition coefficient (Wildman–Crippen LogP) is 1.73. The normalized spacial score (nSPS) is 17.1. The van der Waals surface area contributed by atoms with E-state index in [-0.39, 0.29) is 5.41 Å². The van der Waals surface area contributed by atoms with Crippen molar-refractivity contribution in [1.29, 1.82) is 0 Å². The Morgan fingerprint density at radius 3 is 2.60 bits per heavy atom. The summed E-state index contributed by atoms with van der Waals surface area (Å²) in [5, 5.41) is 3.32. The summed E-state index contributed by atoms with van der Waals surface area (Å²) < 4.78 is 0. The zero-order valence-corrected chi connectivity index (χ0v) is 12.3. The summed E-state index contributed by atoms with van der Waals surface area (Å²) in [7, 11) is 0. The zero-order valence-electron chi connectivity index (χ0n) is 12.3. The van der Waals surface area contributed by atoms with Crippen molar-refractivity contribution >= 4 is 11.7 Å². The van der Waals surface area contributed by atoms with Gasteiger partial charge in [0.2, 0.25) is 0 Å². The van der Waals surface area contributed by atoms with Crippen molar-refractivity contribution in [3.63, 3.8) is 0 Å². The lowest BCUT2D eigenvalue weighted by molar-refractivity contribution is 0.1000. The minimum Gasteiger partial charge on any atom is -0.369 e. The maximum absolute atomic E-state index is 11.6. The van der Waals surface area contributed by atoms with Gasteiger partial charge in [0, 0.05) is 12.2 Å². The number of nitrogens with one attached hydrogen (secondary N) is 1. The van der Waals surface area contributed by atoms with Crippen LogP contribution in [0.25, 0.3) is 0 Å². The summed E-state index contributed by atoms with van der Waals surface area (Å²) in [5.41, 5.74) is 13.8. The number of pyridine rings is 1. The van der Waals surface area contributed by atoms with Crippen molar-refractivity contribution in [1.82, 2.24) is 4.98 Å². The molecule has 0 bridgehead atoms. The molecule has 2 rings (SSSR count). The molecule has 0 aromatic carbocycles. The maximum Gasteiger partial charge on any atom is 0.252 e. The second kappa shape index (κ2) is 5.79. The van der Waals surface area contributed by atoms with Gasteiger partial charge in [-0.2, -0.15) is 0 Å². The highest BCUT2D eigenvalue weighted by atomic mass is 16.1. The van der Waals surface area contributed by atoms with Gasteiger partial charge in [-0.1, -0.05) is 12.8 Å². The quantitative estimate of drug-likeness (QED) is 0.763. The third-order valence-corrected chi connectivity index (χ3v) is 4.32. The molecule has 1 aliphatic carbocycles. The van der Waals surface area contributed by atoms with Crippen molar-refractivity contribution in [2.45, 2.75) is 39.5 Å². The Kier molecular flexibility index (Phi) is 4.28. The van der Waals surface area contributed by atoms with E-state index in [1.807, 2.05) is 19.9 Å². The Morgan fingerprint density at radius 1 is 1.40 bits per heavy atom. The monoisotopic (exact) mass is 276 g/mol. The van der Waals surface area contributed by atoms with E-state index in [1.165, 1.54) is 12.8 Å². The number of hydrogen-bond acceptors (Lipinski definition) is 4. The topological polar surface area (TPSA) is 94.0 Å². The van der Waals surface area contributed by atoms with E-state index in [1.54, 1.807) is 0 Å². The van der Waals surface area contributed by atoms with Crippen molar-refractivity contribution in [2.75, 3.05) is 18.4 Å². The first-order valence-electron chi connectivity index (χ1n) is 7.19. The lowest BCUT2D eigenvalue weighted by atomic mass is 9.86. The van der Waals surface area contributed by atoms with Crippen LogP contribution in [0.1, 0.15) is 47.3 Å². The molecular formula is C15H24N4O. The van der Waals surface area contributed by atoms with Crippen molar-refractivity contribution < 1.29 is 4.79 Å². The summed E-state index contributed by atoms with van der Waals surface area (Å²) in [6.07, 6.45) is 4.71. The van der Waals surface area contributed by atoms with Gasteiger partial charge in [-0.3, -0.25) is 4.79 Å². The van der Waals surface area contributed by atoms with Gasteiger partial charge in [-0.15, -0.1) is 0 Å². The number of nitrogens with zero attached hydrogens (tertiary/aromatic N) is 1. The molecule has 0 atom stereocenters. The third kappa shape index (κ3) is 2.93. The Labute approximate surface area is 120 Å². The van der Waals surface area contributed by atoms with Crippen molar-refractivity contribution in [3.8, 4) is 0 Å². The Balaban J connectivity index is 2.22. The summed E-state index contributed by atoms with van der Waals surface area (Å²) >= 11 is 0. The van der Waals surface area contributed by atoms with Crippen LogP contribution in [0.15, 0.2) is 6.07 Å². The second-order valence-corrected chi connectivity index (χ2v) is 5.93. The van der Waals surface area contributed by atoms with Gasteiger partial charge >= 0.3 is 0 Å². The highest BCUT2D eigenvalue weighted by Crippen LogP contribution is 2.37. The molecule has 5 nitrogen and oxygen atoms in total. The average molecular weight is 276 g/mol. The molecule has 0 spiro atoms. The zero-order chi connectivity index (χ0) is 14.8. The number of anilines is 1. The molecule has 1 amide bonds.